The van der Waals surface area contributed by atoms with Gasteiger partial charge in [-0.1, -0.05) is 0 Å². The second-order valence-electron chi connectivity index (χ2n) is 4.19. The van der Waals surface area contributed by atoms with Crippen molar-refractivity contribution in [1.82, 2.24) is 0 Å². The molecule has 0 atom stereocenters. The van der Waals surface area contributed by atoms with Crippen molar-refractivity contribution in [3.05, 3.63) is 48.3 Å². The molecule has 2 rings (SSSR count). The lowest BCUT2D eigenvalue weighted by molar-refractivity contribution is 0.340. The summed E-state index contributed by atoms with van der Waals surface area (Å²) in [6.07, 6.45) is 0. The van der Waals surface area contributed by atoms with Gasteiger partial charge in [0.25, 0.3) is 0 Å². The molecule has 19 heavy (non-hydrogen) atoms. The fourth-order valence-corrected chi connectivity index (χ4v) is 1.88. The van der Waals surface area contributed by atoms with Crippen LogP contribution in [0.1, 0.15) is 6.92 Å². The van der Waals surface area contributed by atoms with Crippen molar-refractivity contribution in [2.75, 3.05) is 24.3 Å². The Kier molecular flexibility index (Phi) is 3.90. The molecule has 0 aliphatic carbocycles. The van der Waals surface area contributed by atoms with Gasteiger partial charge in [-0.15, -0.1) is 0 Å². The molecule has 0 amide bonds. The molecular weight excluding hydrogens is 243 g/mol. The van der Waals surface area contributed by atoms with E-state index >= 15 is 0 Å². The molecule has 0 bridgehead atoms. The quantitative estimate of drug-likeness (QED) is 0.854. The number of hydrogen-bond acceptors (Lipinski definition) is 3. The summed E-state index contributed by atoms with van der Waals surface area (Å²) in [4.78, 5) is 1.84. The first-order valence-corrected chi connectivity index (χ1v) is 6.13. The average Bonchev–Trinajstić information content (AvgIpc) is 2.42. The molecule has 100 valence electrons. The number of nitrogens with two attached hydrogens (primary N) is 1. The summed E-state index contributed by atoms with van der Waals surface area (Å²) in [6, 6.07) is 11.9. The van der Waals surface area contributed by atoms with E-state index in [1.54, 1.807) is 6.07 Å². The van der Waals surface area contributed by atoms with Crippen LogP contribution in [-0.4, -0.2) is 13.7 Å². The minimum absolute atomic E-state index is 0.304. The molecule has 4 heteroatoms. The van der Waals surface area contributed by atoms with Crippen molar-refractivity contribution in [3.63, 3.8) is 0 Å². The predicted octanol–water partition coefficient (Wildman–Crippen LogP) is 3.57. The summed E-state index contributed by atoms with van der Waals surface area (Å²) in [5, 5.41) is 0. The molecule has 2 aromatic carbocycles. The molecule has 0 heterocycles. The SMILES string of the molecule is CCOc1ccc(N(C)c2cc(F)ccc2N)cc1. The van der Waals surface area contributed by atoms with Crippen LogP contribution in [0.3, 0.4) is 0 Å². The lowest BCUT2D eigenvalue weighted by atomic mass is 10.2. The van der Waals surface area contributed by atoms with Gasteiger partial charge in [0.1, 0.15) is 11.6 Å². The van der Waals surface area contributed by atoms with Gasteiger partial charge >= 0.3 is 0 Å². The number of rotatable bonds is 4. The van der Waals surface area contributed by atoms with E-state index in [4.69, 9.17) is 10.5 Å². The highest BCUT2D eigenvalue weighted by molar-refractivity contribution is 5.74. The molecule has 3 nitrogen and oxygen atoms in total. The van der Waals surface area contributed by atoms with Gasteiger partial charge in [-0.3, -0.25) is 0 Å². The van der Waals surface area contributed by atoms with Crippen molar-refractivity contribution < 1.29 is 9.13 Å². The van der Waals surface area contributed by atoms with Crippen LogP contribution in [0.4, 0.5) is 21.5 Å². The van der Waals surface area contributed by atoms with Crippen LogP contribution < -0.4 is 15.4 Å². The van der Waals surface area contributed by atoms with Gasteiger partial charge in [0.15, 0.2) is 0 Å². The third-order valence-corrected chi connectivity index (χ3v) is 2.89. The van der Waals surface area contributed by atoms with Crippen LogP contribution in [-0.2, 0) is 0 Å². The number of nitrogens with zero attached hydrogens (tertiary/aromatic N) is 1. The zero-order chi connectivity index (χ0) is 13.8. The monoisotopic (exact) mass is 260 g/mol. The van der Waals surface area contributed by atoms with Crippen molar-refractivity contribution in [2.45, 2.75) is 6.92 Å². The molecule has 0 aliphatic heterocycles. The zero-order valence-corrected chi connectivity index (χ0v) is 11.1. The number of hydrogen-bond donors (Lipinski definition) is 1. The normalized spacial score (nSPS) is 10.3. The van der Waals surface area contributed by atoms with E-state index in [2.05, 4.69) is 0 Å². The van der Waals surface area contributed by atoms with Gasteiger partial charge < -0.3 is 15.4 Å². The molecule has 2 N–H and O–H groups in total. The second kappa shape index (κ2) is 5.61. The van der Waals surface area contributed by atoms with Crippen LogP contribution in [0.2, 0.25) is 0 Å². The Morgan fingerprint density at radius 2 is 1.84 bits per heavy atom. The second-order valence-corrected chi connectivity index (χ2v) is 4.19. The van der Waals surface area contributed by atoms with Gasteiger partial charge in [0, 0.05) is 12.7 Å². The molecule has 0 saturated heterocycles. The van der Waals surface area contributed by atoms with Crippen LogP contribution in [0.5, 0.6) is 5.75 Å². The number of benzene rings is 2. The Morgan fingerprint density at radius 1 is 1.16 bits per heavy atom. The maximum atomic E-state index is 13.3. The van der Waals surface area contributed by atoms with E-state index in [1.165, 1.54) is 12.1 Å². The summed E-state index contributed by atoms with van der Waals surface area (Å²) in [5.74, 6) is 0.508. The molecular formula is C15H17FN2O. The lowest BCUT2D eigenvalue weighted by Crippen LogP contribution is -2.11. The Balaban J connectivity index is 2.27. The largest absolute Gasteiger partial charge is 0.494 e. The van der Waals surface area contributed by atoms with Crippen molar-refractivity contribution in [1.29, 1.82) is 0 Å². The van der Waals surface area contributed by atoms with Crippen LogP contribution in [0, 0.1) is 5.82 Å². The van der Waals surface area contributed by atoms with Crippen molar-refractivity contribution in [2.24, 2.45) is 0 Å². The van der Waals surface area contributed by atoms with Gasteiger partial charge in [-0.25, -0.2) is 4.39 Å². The van der Waals surface area contributed by atoms with E-state index < -0.39 is 0 Å². The van der Waals surface area contributed by atoms with Crippen molar-refractivity contribution >= 4 is 17.1 Å². The first kappa shape index (κ1) is 13.2. The van der Waals surface area contributed by atoms with Crippen molar-refractivity contribution in [3.8, 4) is 5.75 Å². The first-order valence-electron chi connectivity index (χ1n) is 6.13. The van der Waals surface area contributed by atoms with E-state index in [9.17, 15) is 4.39 Å². The highest BCUT2D eigenvalue weighted by Gasteiger charge is 2.09. The van der Waals surface area contributed by atoms with Crippen LogP contribution >= 0.6 is 0 Å². The maximum absolute atomic E-state index is 13.3. The average molecular weight is 260 g/mol. The first-order chi connectivity index (χ1) is 9.11. The summed E-state index contributed by atoms with van der Waals surface area (Å²) in [6.45, 7) is 2.57. The van der Waals surface area contributed by atoms with Crippen LogP contribution in [0.15, 0.2) is 42.5 Å². The zero-order valence-electron chi connectivity index (χ0n) is 11.1. The third kappa shape index (κ3) is 2.96. The van der Waals surface area contributed by atoms with E-state index in [1.807, 2.05) is 43.1 Å². The predicted molar refractivity (Wildman–Crippen MR) is 76.5 cm³/mol. The Hall–Kier alpha value is -2.23. The fraction of sp³-hybridized carbons (Fsp3) is 0.200. The van der Waals surface area contributed by atoms with Gasteiger partial charge in [0.05, 0.1) is 18.0 Å². The van der Waals surface area contributed by atoms with Crippen LogP contribution in [0.25, 0.3) is 0 Å². The molecule has 2 aromatic rings. The van der Waals surface area contributed by atoms with E-state index in [-0.39, 0.29) is 5.82 Å². The van der Waals surface area contributed by atoms with Gasteiger partial charge in [0.2, 0.25) is 0 Å². The van der Waals surface area contributed by atoms with Gasteiger partial charge in [-0.05, 0) is 49.4 Å². The molecule has 0 aliphatic rings. The summed E-state index contributed by atoms with van der Waals surface area (Å²) in [7, 11) is 1.85. The Bertz CT molecular complexity index is 555. The highest BCUT2D eigenvalue weighted by atomic mass is 19.1. The Morgan fingerprint density at radius 3 is 2.47 bits per heavy atom. The molecule has 0 radical (unpaired) electrons. The third-order valence-electron chi connectivity index (χ3n) is 2.89. The lowest BCUT2D eigenvalue weighted by Gasteiger charge is -2.21. The van der Waals surface area contributed by atoms with E-state index in [0.29, 0.717) is 18.0 Å². The number of halogens is 1. The highest BCUT2D eigenvalue weighted by Crippen LogP contribution is 2.30. The maximum Gasteiger partial charge on any atom is 0.125 e. The number of nitrogen functional groups attached to an aromatic ring is 1. The minimum atomic E-state index is -0.304. The summed E-state index contributed by atoms with van der Waals surface area (Å²) in [5.41, 5.74) is 7.97. The summed E-state index contributed by atoms with van der Waals surface area (Å²) >= 11 is 0. The fourth-order valence-electron chi connectivity index (χ4n) is 1.88. The molecule has 0 fully saturated rings. The van der Waals surface area contributed by atoms with Gasteiger partial charge in [-0.2, -0.15) is 0 Å². The molecule has 0 aromatic heterocycles. The van der Waals surface area contributed by atoms with E-state index in [0.717, 1.165) is 11.4 Å². The molecule has 0 spiro atoms. The smallest absolute Gasteiger partial charge is 0.125 e. The molecule has 0 unspecified atom stereocenters. The minimum Gasteiger partial charge on any atom is -0.494 e. The number of anilines is 3. The summed E-state index contributed by atoms with van der Waals surface area (Å²) < 4.78 is 18.7. The standard InChI is InChI=1S/C15H17FN2O/c1-3-19-13-7-5-12(6-8-13)18(2)15-10-11(16)4-9-14(15)17/h4-10H,3,17H2,1-2H3. The molecule has 0 saturated carbocycles. The Labute approximate surface area is 112 Å². The number of ether oxygens (including phenoxy) is 1. The topological polar surface area (TPSA) is 38.5 Å².